The summed E-state index contributed by atoms with van der Waals surface area (Å²) in [5.74, 6) is -1.38. The van der Waals surface area contributed by atoms with Crippen molar-refractivity contribution in [2.75, 3.05) is 6.54 Å². The number of rotatable bonds is 10. The second-order valence-corrected chi connectivity index (χ2v) is 5.23. The average Bonchev–Trinajstić information content (AvgIpc) is 2.49. The van der Waals surface area contributed by atoms with E-state index in [2.05, 4.69) is 12.2 Å². The molecular formula is C17H25NO3. The van der Waals surface area contributed by atoms with Gasteiger partial charge in [-0.25, -0.2) is 4.79 Å². The summed E-state index contributed by atoms with van der Waals surface area (Å²) >= 11 is 0. The molecule has 0 fully saturated rings. The van der Waals surface area contributed by atoms with Gasteiger partial charge in [0.2, 0.25) is 0 Å². The predicted molar refractivity (Wildman–Crippen MR) is 83.7 cm³/mol. The number of unbranched alkanes of at least 4 members (excludes halogenated alkanes) is 6. The van der Waals surface area contributed by atoms with Crippen LogP contribution in [0.25, 0.3) is 0 Å². The molecule has 0 bridgehead atoms. The minimum atomic E-state index is -1.07. The average molecular weight is 291 g/mol. The van der Waals surface area contributed by atoms with E-state index in [4.69, 9.17) is 5.11 Å². The maximum atomic E-state index is 12.0. The standard InChI is InChI=1S/C17H25NO3/c1-2-3-4-5-6-7-10-13-18-16(19)14-11-8-9-12-15(14)17(20)21/h8-9,11-12H,2-7,10,13H2,1H3,(H,18,19)(H,20,21). The minimum Gasteiger partial charge on any atom is -0.478 e. The largest absolute Gasteiger partial charge is 0.478 e. The van der Waals surface area contributed by atoms with Crippen LogP contribution in [0.4, 0.5) is 0 Å². The van der Waals surface area contributed by atoms with E-state index in [1.54, 1.807) is 18.2 Å². The van der Waals surface area contributed by atoms with Crippen molar-refractivity contribution in [1.29, 1.82) is 0 Å². The first-order chi connectivity index (χ1) is 10.2. The molecule has 1 amide bonds. The van der Waals surface area contributed by atoms with Gasteiger partial charge < -0.3 is 10.4 Å². The molecule has 0 aliphatic heterocycles. The van der Waals surface area contributed by atoms with E-state index in [0.29, 0.717) is 6.54 Å². The monoisotopic (exact) mass is 291 g/mol. The molecule has 0 radical (unpaired) electrons. The molecule has 0 aliphatic carbocycles. The molecule has 0 heterocycles. The van der Waals surface area contributed by atoms with Gasteiger partial charge in [-0.05, 0) is 18.6 Å². The lowest BCUT2D eigenvalue weighted by molar-refractivity contribution is 0.0691. The molecule has 0 aliphatic rings. The minimum absolute atomic E-state index is 0.0505. The number of hydrogen-bond donors (Lipinski definition) is 2. The summed E-state index contributed by atoms with van der Waals surface area (Å²) < 4.78 is 0. The Labute approximate surface area is 126 Å². The Morgan fingerprint density at radius 1 is 0.952 bits per heavy atom. The molecule has 116 valence electrons. The van der Waals surface area contributed by atoms with Gasteiger partial charge in [0, 0.05) is 6.54 Å². The molecule has 0 saturated carbocycles. The SMILES string of the molecule is CCCCCCCCCNC(=O)c1ccccc1C(=O)O. The number of aromatic carboxylic acids is 1. The molecular weight excluding hydrogens is 266 g/mol. The van der Waals surface area contributed by atoms with Crippen LogP contribution in [-0.2, 0) is 0 Å². The van der Waals surface area contributed by atoms with Gasteiger partial charge >= 0.3 is 5.97 Å². The molecule has 21 heavy (non-hydrogen) atoms. The van der Waals surface area contributed by atoms with E-state index in [1.807, 2.05) is 0 Å². The highest BCUT2D eigenvalue weighted by atomic mass is 16.4. The fraction of sp³-hybridized carbons (Fsp3) is 0.529. The van der Waals surface area contributed by atoms with Crippen molar-refractivity contribution < 1.29 is 14.7 Å². The van der Waals surface area contributed by atoms with Gasteiger partial charge in [-0.3, -0.25) is 4.79 Å². The molecule has 1 aromatic carbocycles. The second-order valence-electron chi connectivity index (χ2n) is 5.23. The smallest absolute Gasteiger partial charge is 0.336 e. The number of carboxylic acids is 1. The van der Waals surface area contributed by atoms with E-state index >= 15 is 0 Å². The van der Waals surface area contributed by atoms with Crippen LogP contribution in [0.2, 0.25) is 0 Å². The van der Waals surface area contributed by atoms with Gasteiger partial charge in [-0.2, -0.15) is 0 Å². The molecule has 0 atom stereocenters. The van der Waals surface area contributed by atoms with Crippen LogP contribution >= 0.6 is 0 Å². The summed E-state index contributed by atoms with van der Waals surface area (Å²) in [4.78, 5) is 23.0. The summed E-state index contributed by atoms with van der Waals surface area (Å²) in [7, 11) is 0. The van der Waals surface area contributed by atoms with Crippen molar-refractivity contribution in [3.05, 3.63) is 35.4 Å². The summed E-state index contributed by atoms with van der Waals surface area (Å²) in [6.45, 7) is 2.80. The zero-order chi connectivity index (χ0) is 15.5. The van der Waals surface area contributed by atoms with Gasteiger partial charge in [0.25, 0.3) is 5.91 Å². The van der Waals surface area contributed by atoms with Crippen molar-refractivity contribution in [2.45, 2.75) is 51.9 Å². The summed E-state index contributed by atoms with van der Waals surface area (Å²) in [6.07, 6.45) is 8.32. The fourth-order valence-corrected chi connectivity index (χ4v) is 2.25. The van der Waals surface area contributed by atoms with Gasteiger partial charge in [0.15, 0.2) is 0 Å². The van der Waals surface area contributed by atoms with Crippen molar-refractivity contribution in [2.24, 2.45) is 0 Å². The Balaban J connectivity index is 2.27. The third-order valence-corrected chi connectivity index (χ3v) is 3.47. The van der Waals surface area contributed by atoms with E-state index in [0.717, 1.165) is 12.8 Å². The zero-order valence-electron chi connectivity index (χ0n) is 12.7. The molecule has 0 unspecified atom stereocenters. The van der Waals surface area contributed by atoms with Gasteiger partial charge in [0.1, 0.15) is 0 Å². The van der Waals surface area contributed by atoms with E-state index in [9.17, 15) is 9.59 Å². The number of benzene rings is 1. The third kappa shape index (κ3) is 6.43. The fourth-order valence-electron chi connectivity index (χ4n) is 2.25. The Morgan fingerprint density at radius 3 is 2.14 bits per heavy atom. The predicted octanol–water partition coefficient (Wildman–Crippen LogP) is 3.87. The van der Waals surface area contributed by atoms with Crippen LogP contribution in [0.3, 0.4) is 0 Å². The van der Waals surface area contributed by atoms with Crippen molar-refractivity contribution in [1.82, 2.24) is 5.32 Å². The Morgan fingerprint density at radius 2 is 1.52 bits per heavy atom. The first kappa shape index (κ1) is 17.2. The van der Waals surface area contributed by atoms with Gasteiger partial charge in [-0.1, -0.05) is 57.6 Å². The van der Waals surface area contributed by atoms with Crippen LogP contribution < -0.4 is 5.32 Å². The topological polar surface area (TPSA) is 66.4 Å². The highest BCUT2D eigenvalue weighted by Gasteiger charge is 2.14. The first-order valence-corrected chi connectivity index (χ1v) is 7.77. The highest BCUT2D eigenvalue weighted by Crippen LogP contribution is 2.09. The summed E-state index contributed by atoms with van der Waals surface area (Å²) in [5.41, 5.74) is 0.280. The Kier molecular flexibility index (Phi) is 8.17. The van der Waals surface area contributed by atoms with Gasteiger partial charge in [0.05, 0.1) is 11.1 Å². The van der Waals surface area contributed by atoms with E-state index in [-0.39, 0.29) is 17.0 Å². The zero-order valence-corrected chi connectivity index (χ0v) is 12.7. The van der Waals surface area contributed by atoms with Gasteiger partial charge in [-0.15, -0.1) is 0 Å². The quantitative estimate of drug-likeness (QED) is 0.643. The number of carbonyl (C=O) groups excluding carboxylic acids is 1. The van der Waals surface area contributed by atoms with Crippen molar-refractivity contribution >= 4 is 11.9 Å². The lowest BCUT2D eigenvalue weighted by Gasteiger charge is -2.07. The maximum Gasteiger partial charge on any atom is 0.336 e. The van der Waals surface area contributed by atoms with Crippen LogP contribution in [0.15, 0.2) is 24.3 Å². The lowest BCUT2D eigenvalue weighted by atomic mass is 10.1. The molecule has 4 heteroatoms. The van der Waals surface area contributed by atoms with Crippen LogP contribution in [0.5, 0.6) is 0 Å². The molecule has 1 rings (SSSR count). The number of carboxylic acid groups (broad SMARTS) is 1. The molecule has 1 aromatic rings. The number of nitrogens with one attached hydrogen (secondary N) is 1. The number of amides is 1. The first-order valence-electron chi connectivity index (χ1n) is 7.77. The molecule has 0 aromatic heterocycles. The van der Waals surface area contributed by atoms with Crippen LogP contribution in [-0.4, -0.2) is 23.5 Å². The normalized spacial score (nSPS) is 10.3. The van der Waals surface area contributed by atoms with Crippen molar-refractivity contribution in [3.63, 3.8) is 0 Å². The van der Waals surface area contributed by atoms with Crippen LogP contribution in [0, 0.1) is 0 Å². The number of hydrogen-bond acceptors (Lipinski definition) is 2. The number of carbonyl (C=O) groups is 2. The molecule has 4 nitrogen and oxygen atoms in total. The van der Waals surface area contributed by atoms with Crippen LogP contribution in [0.1, 0.15) is 72.6 Å². The second kappa shape index (κ2) is 9.97. The lowest BCUT2D eigenvalue weighted by Crippen LogP contribution is -2.26. The molecule has 0 saturated heterocycles. The third-order valence-electron chi connectivity index (χ3n) is 3.47. The summed E-state index contributed by atoms with van der Waals surface area (Å²) in [5, 5.41) is 11.8. The summed E-state index contributed by atoms with van der Waals surface area (Å²) in [6, 6.07) is 6.29. The van der Waals surface area contributed by atoms with E-state index < -0.39 is 5.97 Å². The maximum absolute atomic E-state index is 12.0. The van der Waals surface area contributed by atoms with E-state index in [1.165, 1.54) is 38.2 Å². The Hall–Kier alpha value is -1.84. The molecule has 0 spiro atoms. The van der Waals surface area contributed by atoms with Crippen molar-refractivity contribution in [3.8, 4) is 0 Å². The molecule has 2 N–H and O–H groups in total. The Bertz CT molecular complexity index is 457. The highest BCUT2D eigenvalue weighted by molar-refractivity contribution is 6.04.